The molecule has 1 aromatic carbocycles. The summed E-state index contributed by atoms with van der Waals surface area (Å²) in [5.41, 5.74) is 3.62. The zero-order valence-corrected chi connectivity index (χ0v) is 15.4. The summed E-state index contributed by atoms with van der Waals surface area (Å²) in [5.74, 6) is 0. The lowest BCUT2D eigenvalue weighted by atomic mass is 10.1. The van der Waals surface area contributed by atoms with Crippen LogP contribution in [-0.2, 0) is 6.54 Å². The van der Waals surface area contributed by atoms with Crippen LogP contribution in [0.15, 0.2) is 48.8 Å². The van der Waals surface area contributed by atoms with E-state index in [4.69, 9.17) is 5.11 Å². The Morgan fingerprint density at radius 1 is 0.913 bits per heavy atom. The van der Waals surface area contributed by atoms with E-state index in [1.54, 1.807) is 0 Å². The first-order valence-electron chi connectivity index (χ1n) is 7.90. The van der Waals surface area contributed by atoms with Crippen molar-refractivity contribution in [1.29, 1.82) is 0 Å². The average Bonchev–Trinajstić information content (AvgIpc) is 2.57. The molecule has 0 saturated carbocycles. The van der Waals surface area contributed by atoms with Crippen LogP contribution >= 0.6 is 0 Å². The minimum absolute atomic E-state index is 0. The zero-order chi connectivity index (χ0) is 15.8. The molecule has 0 saturated heterocycles. The van der Waals surface area contributed by atoms with Gasteiger partial charge in [-0.2, -0.15) is 0 Å². The highest BCUT2D eigenvalue weighted by Crippen LogP contribution is 2.16. The maximum Gasteiger partial charge on any atom is 0.171 e. The van der Waals surface area contributed by atoms with Crippen LogP contribution in [0.5, 0.6) is 0 Å². The van der Waals surface area contributed by atoms with Gasteiger partial charge in [-0.3, -0.25) is 0 Å². The standard InChI is InChI=1S/C19H25N2O.BrH/c1-3-21(4-2)19-9-7-17(8-10-19)5-6-18-11-13-20(14-12-18)15-16-22;/h5-14,22H,3-4,15-16H2,1-2H3;1H/q+1;/p-1. The topological polar surface area (TPSA) is 27.4 Å². The van der Waals surface area contributed by atoms with Crippen LogP contribution < -0.4 is 26.4 Å². The lowest BCUT2D eigenvalue weighted by Gasteiger charge is -2.20. The van der Waals surface area contributed by atoms with E-state index in [9.17, 15) is 0 Å². The van der Waals surface area contributed by atoms with Crippen LogP contribution in [0.1, 0.15) is 25.0 Å². The lowest BCUT2D eigenvalue weighted by molar-refractivity contribution is -0.698. The second kappa shape index (κ2) is 10.2. The van der Waals surface area contributed by atoms with Crippen molar-refractivity contribution in [2.45, 2.75) is 20.4 Å². The van der Waals surface area contributed by atoms with E-state index >= 15 is 0 Å². The van der Waals surface area contributed by atoms with Gasteiger partial charge in [-0.15, -0.1) is 0 Å². The monoisotopic (exact) mass is 376 g/mol. The van der Waals surface area contributed by atoms with E-state index in [1.807, 2.05) is 17.0 Å². The smallest absolute Gasteiger partial charge is 0.171 e. The van der Waals surface area contributed by atoms with E-state index in [-0.39, 0.29) is 23.6 Å². The van der Waals surface area contributed by atoms with Crippen molar-refractivity contribution in [2.24, 2.45) is 0 Å². The zero-order valence-electron chi connectivity index (χ0n) is 13.8. The molecule has 0 spiro atoms. The molecule has 3 nitrogen and oxygen atoms in total. The Bertz CT molecular complexity index is 590. The molecule has 1 heterocycles. The van der Waals surface area contributed by atoms with Gasteiger partial charge in [-0.1, -0.05) is 24.3 Å². The molecule has 0 fully saturated rings. The Kier molecular flexibility index (Phi) is 8.59. The predicted molar refractivity (Wildman–Crippen MR) is 92.7 cm³/mol. The van der Waals surface area contributed by atoms with E-state index in [0.29, 0.717) is 6.54 Å². The third-order valence-corrected chi connectivity index (χ3v) is 3.77. The summed E-state index contributed by atoms with van der Waals surface area (Å²) in [7, 11) is 0. The predicted octanol–water partition coefficient (Wildman–Crippen LogP) is -0.0130. The highest BCUT2D eigenvalue weighted by molar-refractivity contribution is 5.70. The lowest BCUT2D eigenvalue weighted by Crippen LogP contribution is -3.00. The number of hydrogen-bond acceptors (Lipinski definition) is 2. The van der Waals surface area contributed by atoms with Crippen LogP contribution in [0.3, 0.4) is 0 Å². The van der Waals surface area contributed by atoms with Crippen LogP contribution in [0, 0.1) is 0 Å². The first-order valence-corrected chi connectivity index (χ1v) is 7.90. The Balaban J connectivity index is 0.00000264. The molecule has 23 heavy (non-hydrogen) atoms. The summed E-state index contributed by atoms with van der Waals surface area (Å²) in [6.07, 6.45) is 8.20. The van der Waals surface area contributed by atoms with Crippen LogP contribution in [0.4, 0.5) is 5.69 Å². The molecular weight excluding hydrogens is 352 g/mol. The SMILES string of the molecule is CCN(CC)c1ccc(/C=C/c2cc[n+](CCO)cc2)cc1.[Br-]. The Hall–Kier alpha value is -1.65. The minimum Gasteiger partial charge on any atom is -1.00 e. The van der Waals surface area contributed by atoms with Gasteiger partial charge in [0, 0.05) is 30.9 Å². The largest absolute Gasteiger partial charge is 1.00 e. The van der Waals surface area contributed by atoms with Crippen molar-refractivity contribution in [3.63, 3.8) is 0 Å². The Morgan fingerprint density at radius 3 is 1.91 bits per heavy atom. The first-order chi connectivity index (χ1) is 10.8. The minimum atomic E-state index is 0. The Morgan fingerprint density at radius 2 is 1.43 bits per heavy atom. The molecule has 1 N–H and O–H groups in total. The van der Waals surface area contributed by atoms with Gasteiger partial charge in [0.2, 0.25) is 0 Å². The molecule has 0 unspecified atom stereocenters. The van der Waals surface area contributed by atoms with Gasteiger partial charge < -0.3 is 27.0 Å². The third kappa shape index (κ3) is 5.81. The number of aromatic nitrogens is 1. The first kappa shape index (κ1) is 19.4. The van der Waals surface area contributed by atoms with Gasteiger partial charge >= 0.3 is 0 Å². The number of aliphatic hydroxyl groups excluding tert-OH is 1. The normalized spacial score (nSPS) is 10.6. The summed E-state index contributed by atoms with van der Waals surface area (Å²) >= 11 is 0. The van der Waals surface area contributed by atoms with Crippen LogP contribution in [-0.4, -0.2) is 24.8 Å². The molecule has 0 atom stereocenters. The molecule has 2 aromatic rings. The molecule has 1 aromatic heterocycles. The highest BCUT2D eigenvalue weighted by Gasteiger charge is 2.00. The Labute approximate surface area is 149 Å². The van der Waals surface area contributed by atoms with Gasteiger partial charge in [0.05, 0.1) is 0 Å². The molecule has 0 radical (unpaired) electrons. The fourth-order valence-electron chi connectivity index (χ4n) is 2.42. The molecule has 2 rings (SSSR count). The molecule has 0 bridgehead atoms. The number of aliphatic hydroxyl groups is 1. The number of rotatable bonds is 7. The van der Waals surface area contributed by atoms with Gasteiger partial charge in [0.15, 0.2) is 18.9 Å². The highest BCUT2D eigenvalue weighted by atomic mass is 79.9. The number of nitrogens with zero attached hydrogens (tertiary/aromatic N) is 2. The number of anilines is 1. The summed E-state index contributed by atoms with van der Waals surface area (Å²) in [6.45, 7) is 7.22. The molecule has 4 heteroatoms. The summed E-state index contributed by atoms with van der Waals surface area (Å²) in [6, 6.07) is 12.8. The number of benzene rings is 1. The van der Waals surface area contributed by atoms with E-state index in [1.165, 1.54) is 11.3 Å². The van der Waals surface area contributed by atoms with Gasteiger partial charge in [-0.05, 0) is 37.1 Å². The van der Waals surface area contributed by atoms with Gasteiger partial charge in [0.1, 0.15) is 6.61 Å². The van der Waals surface area contributed by atoms with Crippen LogP contribution in [0.2, 0.25) is 0 Å². The van der Waals surface area contributed by atoms with E-state index in [0.717, 1.165) is 18.7 Å². The average molecular weight is 377 g/mol. The fourth-order valence-corrected chi connectivity index (χ4v) is 2.42. The van der Waals surface area contributed by atoms with Crippen molar-refractivity contribution < 1.29 is 26.7 Å². The van der Waals surface area contributed by atoms with Crippen molar-refractivity contribution in [2.75, 3.05) is 24.6 Å². The van der Waals surface area contributed by atoms with Crippen molar-refractivity contribution in [3.8, 4) is 0 Å². The maximum atomic E-state index is 8.90. The fraction of sp³-hybridized carbons (Fsp3) is 0.316. The number of halogens is 1. The molecule has 0 aliphatic heterocycles. The van der Waals surface area contributed by atoms with Crippen LogP contribution in [0.25, 0.3) is 12.2 Å². The molecule has 0 amide bonds. The van der Waals surface area contributed by atoms with Gasteiger partial charge in [0.25, 0.3) is 0 Å². The second-order valence-electron chi connectivity index (χ2n) is 5.19. The summed E-state index contributed by atoms with van der Waals surface area (Å²) < 4.78 is 1.97. The van der Waals surface area contributed by atoms with Gasteiger partial charge in [-0.25, -0.2) is 4.57 Å². The maximum absolute atomic E-state index is 8.90. The van der Waals surface area contributed by atoms with Crippen molar-refractivity contribution >= 4 is 17.8 Å². The molecule has 0 aliphatic carbocycles. The molecule has 124 valence electrons. The molecule has 0 aliphatic rings. The quantitative estimate of drug-likeness (QED) is 0.688. The van der Waals surface area contributed by atoms with Crippen molar-refractivity contribution in [1.82, 2.24) is 0 Å². The molecular formula is C19H25BrN2O. The summed E-state index contributed by atoms with van der Waals surface area (Å²) in [5, 5.41) is 8.90. The number of pyridine rings is 1. The second-order valence-corrected chi connectivity index (χ2v) is 5.19. The van der Waals surface area contributed by atoms with E-state index in [2.05, 4.69) is 67.3 Å². The number of hydrogen-bond donors (Lipinski definition) is 1. The third-order valence-electron chi connectivity index (χ3n) is 3.77. The summed E-state index contributed by atoms with van der Waals surface area (Å²) in [4.78, 5) is 2.34. The van der Waals surface area contributed by atoms with E-state index < -0.39 is 0 Å². The van der Waals surface area contributed by atoms with Crippen molar-refractivity contribution in [3.05, 3.63) is 59.9 Å².